The first kappa shape index (κ1) is 18.8. The van der Waals surface area contributed by atoms with Gasteiger partial charge in [0.15, 0.2) is 0 Å². The van der Waals surface area contributed by atoms with Crippen molar-refractivity contribution in [3.05, 3.63) is 71.1 Å². The maximum absolute atomic E-state index is 12.8. The molecule has 1 amide bonds. The average Bonchev–Trinajstić information content (AvgIpc) is 2.91. The van der Waals surface area contributed by atoms with Gasteiger partial charge in [0.1, 0.15) is 5.76 Å². The molecule has 27 heavy (non-hydrogen) atoms. The predicted molar refractivity (Wildman–Crippen MR) is 102 cm³/mol. The molecule has 0 radical (unpaired) electrons. The SMILES string of the molecule is Cc1ccc(C(O)=C2C(=O)C(=O)N(CC[NH+](C)C)[C@H]2c2ccncc2)cc1. The number of benzene rings is 1. The lowest BCUT2D eigenvalue weighted by atomic mass is 9.95. The molecule has 6 nitrogen and oxygen atoms in total. The Bertz CT molecular complexity index is 873. The van der Waals surface area contributed by atoms with Gasteiger partial charge in [0.25, 0.3) is 11.7 Å². The average molecular weight is 366 g/mol. The summed E-state index contributed by atoms with van der Waals surface area (Å²) in [4.78, 5) is 32.2. The Kier molecular flexibility index (Phi) is 5.37. The van der Waals surface area contributed by atoms with E-state index in [0.717, 1.165) is 11.1 Å². The highest BCUT2D eigenvalue weighted by Gasteiger charge is 2.46. The summed E-state index contributed by atoms with van der Waals surface area (Å²) in [7, 11) is 3.98. The van der Waals surface area contributed by atoms with Gasteiger partial charge in [-0.3, -0.25) is 14.6 Å². The molecule has 1 aromatic heterocycles. The standard InChI is InChI=1S/C21H23N3O3/c1-14-4-6-16(7-5-14)19(25)17-18(15-8-10-22-11-9-15)24(13-12-23(2)3)21(27)20(17)26/h4-11,18,25H,12-13H2,1-3H3/p+1/t18-/m0/s1. The van der Waals surface area contributed by atoms with Crippen LogP contribution in [0.2, 0.25) is 0 Å². The van der Waals surface area contributed by atoms with Crippen molar-refractivity contribution in [2.45, 2.75) is 13.0 Å². The number of hydrogen-bond donors (Lipinski definition) is 2. The number of aliphatic hydroxyl groups excluding tert-OH is 1. The zero-order valence-electron chi connectivity index (χ0n) is 15.8. The number of carbonyl (C=O) groups excluding carboxylic acids is 2. The second-order valence-corrected chi connectivity index (χ2v) is 7.10. The van der Waals surface area contributed by atoms with Crippen LogP contribution in [0, 0.1) is 6.92 Å². The number of aromatic nitrogens is 1. The van der Waals surface area contributed by atoms with Crippen LogP contribution in [0.1, 0.15) is 22.7 Å². The van der Waals surface area contributed by atoms with Gasteiger partial charge in [-0.05, 0) is 24.6 Å². The molecule has 1 fully saturated rings. The van der Waals surface area contributed by atoms with Gasteiger partial charge in [-0.1, -0.05) is 29.8 Å². The summed E-state index contributed by atoms with van der Waals surface area (Å²) < 4.78 is 0. The molecule has 2 aromatic rings. The number of aryl methyl sites for hydroxylation is 1. The van der Waals surface area contributed by atoms with Gasteiger partial charge in [0, 0.05) is 18.0 Å². The summed E-state index contributed by atoms with van der Waals surface area (Å²) in [5.74, 6) is -1.37. The Morgan fingerprint density at radius 3 is 2.33 bits per heavy atom. The summed E-state index contributed by atoms with van der Waals surface area (Å²) in [5, 5.41) is 10.9. The largest absolute Gasteiger partial charge is 0.507 e. The van der Waals surface area contributed by atoms with Crippen molar-refractivity contribution in [1.82, 2.24) is 9.88 Å². The molecule has 0 unspecified atom stereocenters. The van der Waals surface area contributed by atoms with Crippen LogP contribution in [0.5, 0.6) is 0 Å². The zero-order valence-corrected chi connectivity index (χ0v) is 15.8. The Morgan fingerprint density at radius 1 is 1.11 bits per heavy atom. The van der Waals surface area contributed by atoms with Crippen molar-refractivity contribution in [2.24, 2.45) is 0 Å². The summed E-state index contributed by atoms with van der Waals surface area (Å²) >= 11 is 0. The predicted octanol–water partition coefficient (Wildman–Crippen LogP) is 0.956. The molecule has 2 N–H and O–H groups in total. The summed E-state index contributed by atoms with van der Waals surface area (Å²) in [6.45, 7) is 3.06. The number of amides is 1. The molecule has 1 aliphatic heterocycles. The molecule has 1 aromatic carbocycles. The number of nitrogens with one attached hydrogen (secondary N) is 1. The zero-order chi connectivity index (χ0) is 19.6. The molecule has 0 spiro atoms. The minimum atomic E-state index is -0.649. The van der Waals surface area contributed by atoms with Crippen molar-refractivity contribution in [1.29, 1.82) is 0 Å². The van der Waals surface area contributed by atoms with Crippen molar-refractivity contribution in [2.75, 3.05) is 27.2 Å². The van der Waals surface area contributed by atoms with Crippen molar-refractivity contribution >= 4 is 17.4 Å². The summed E-state index contributed by atoms with van der Waals surface area (Å²) in [6.07, 6.45) is 3.25. The maximum Gasteiger partial charge on any atom is 0.295 e. The van der Waals surface area contributed by atoms with Crippen molar-refractivity contribution in [3.8, 4) is 0 Å². The van der Waals surface area contributed by atoms with Crippen LogP contribution in [-0.4, -0.2) is 53.9 Å². The number of aliphatic hydroxyl groups is 1. The summed E-state index contributed by atoms with van der Waals surface area (Å²) in [5.41, 5.74) is 2.46. The topological polar surface area (TPSA) is 74.9 Å². The summed E-state index contributed by atoms with van der Waals surface area (Å²) in [6, 6.07) is 10.2. The number of rotatable bonds is 5. The molecule has 3 rings (SSSR count). The molecular formula is C21H24N3O3+. The van der Waals surface area contributed by atoms with Crippen LogP contribution in [-0.2, 0) is 9.59 Å². The fourth-order valence-electron chi connectivity index (χ4n) is 3.21. The van der Waals surface area contributed by atoms with Crippen LogP contribution in [0.4, 0.5) is 0 Å². The van der Waals surface area contributed by atoms with Crippen molar-refractivity contribution in [3.63, 3.8) is 0 Å². The molecule has 2 heterocycles. The van der Waals surface area contributed by atoms with Crippen LogP contribution in [0.15, 0.2) is 54.4 Å². The number of ketones is 1. The Balaban J connectivity index is 2.12. The highest BCUT2D eigenvalue weighted by molar-refractivity contribution is 6.46. The van der Waals surface area contributed by atoms with Gasteiger partial charge in [-0.15, -0.1) is 0 Å². The third-order valence-electron chi connectivity index (χ3n) is 4.74. The number of hydrogen-bond acceptors (Lipinski definition) is 4. The monoisotopic (exact) mass is 366 g/mol. The Hall–Kier alpha value is -2.99. The van der Waals surface area contributed by atoms with E-state index in [4.69, 9.17) is 0 Å². The number of likely N-dealkylation sites (N-methyl/N-ethyl adjacent to an activating group) is 1. The van der Waals surface area contributed by atoms with E-state index in [2.05, 4.69) is 4.98 Å². The van der Waals surface area contributed by atoms with Gasteiger partial charge in [0.05, 0.1) is 38.8 Å². The maximum atomic E-state index is 12.8. The van der Waals surface area contributed by atoms with E-state index in [0.29, 0.717) is 18.7 Å². The van der Waals surface area contributed by atoms with Crippen molar-refractivity contribution < 1.29 is 19.6 Å². The molecule has 1 saturated heterocycles. The van der Waals surface area contributed by atoms with E-state index in [1.54, 1.807) is 41.6 Å². The lowest BCUT2D eigenvalue weighted by Crippen LogP contribution is -3.06. The molecule has 1 aliphatic rings. The normalized spacial score (nSPS) is 19.1. The number of Topliss-reactive ketones (excluding diaryl/α,β-unsaturated/α-hetero) is 1. The number of nitrogens with zero attached hydrogens (tertiary/aromatic N) is 2. The molecule has 1 atom stereocenters. The molecule has 0 saturated carbocycles. The quantitative estimate of drug-likeness (QED) is 0.470. The number of carbonyl (C=O) groups is 2. The third-order valence-corrected chi connectivity index (χ3v) is 4.74. The smallest absolute Gasteiger partial charge is 0.295 e. The van der Waals surface area contributed by atoms with Gasteiger partial charge < -0.3 is 14.9 Å². The van der Waals surface area contributed by atoms with Gasteiger partial charge in [-0.2, -0.15) is 0 Å². The molecule has 6 heteroatoms. The number of likely N-dealkylation sites (tertiary alicyclic amines) is 1. The molecule has 0 bridgehead atoms. The molecule has 0 aliphatic carbocycles. The van der Waals surface area contributed by atoms with E-state index >= 15 is 0 Å². The lowest BCUT2D eigenvalue weighted by Gasteiger charge is -2.25. The van der Waals surface area contributed by atoms with E-state index in [-0.39, 0.29) is 11.3 Å². The minimum absolute atomic E-state index is 0.129. The highest BCUT2D eigenvalue weighted by Crippen LogP contribution is 2.38. The van der Waals surface area contributed by atoms with Gasteiger partial charge in [-0.25, -0.2) is 0 Å². The highest BCUT2D eigenvalue weighted by atomic mass is 16.3. The van der Waals surface area contributed by atoms with E-state index in [1.165, 1.54) is 4.90 Å². The number of quaternary nitrogens is 1. The van der Waals surface area contributed by atoms with Crippen LogP contribution in [0.25, 0.3) is 5.76 Å². The third kappa shape index (κ3) is 3.75. The fourth-order valence-corrected chi connectivity index (χ4v) is 3.21. The Labute approximate surface area is 158 Å². The van der Waals surface area contributed by atoms with Crippen LogP contribution >= 0.6 is 0 Å². The van der Waals surface area contributed by atoms with Crippen LogP contribution in [0.3, 0.4) is 0 Å². The number of pyridine rings is 1. The minimum Gasteiger partial charge on any atom is -0.507 e. The van der Waals surface area contributed by atoms with E-state index in [1.807, 2.05) is 33.2 Å². The van der Waals surface area contributed by atoms with E-state index < -0.39 is 17.7 Å². The van der Waals surface area contributed by atoms with E-state index in [9.17, 15) is 14.7 Å². The Morgan fingerprint density at radius 2 is 1.74 bits per heavy atom. The lowest BCUT2D eigenvalue weighted by molar-refractivity contribution is -0.857. The van der Waals surface area contributed by atoms with Crippen LogP contribution < -0.4 is 4.90 Å². The molecule has 140 valence electrons. The van der Waals surface area contributed by atoms with Gasteiger partial charge >= 0.3 is 0 Å². The van der Waals surface area contributed by atoms with Gasteiger partial charge in [0.2, 0.25) is 0 Å². The first-order valence-electron chi connectivity index (χ1n) is 8.94. The second-order valence-electron chi connectivity index (χ2n) is 7.10. The first-order chi connectivity index (χ1) is 12.9. The first-order valence-corrected chi connectivity index (χ1v) is 8.94. The molecular weight excluding hydrogens is 342 g/mol. The fraction of sp³-hybridized carbons (Fsp3) is 0.286. The second kappa shape index (κ2) is 7.72.